The maximum absolute atomic E-state index is 3.47. The fourth-order valence-electron chi connectivity index (χ4n) is 2.45. The number of thioether (sulfide) groups is 1. The second-order valence-electron chi connectivity index (χ2n) is 5.28. The van der Waals surface area contributed by atoms with Crippen LogP contribution in [0.4, 0.5) is 0 Å². The second-order valence-corrected chi connectivity index (χ2v) is 6.76. The van der Waals surface area contributed by atoms with Crippen LogP contribution in [0.5, 0.6) is 0 Å². The SMILES string of the molecule is CCN(CC)CCSC(C)C(NC)c1ccc(C)cc1. The van der Waals surface area contributed by atoms with Gasteiger partial charge in [-0.25, -0.2) is 0 Å². The van der Waals surface area contributed by atoms with Crippen molar-refractivity contribution < 1.29 is 0 Å². The summed E-state index contributed by atoms with van der Waals surface area (Å²) in [4.78, 5) is 2.49. The molecule has 1 aromatic rings. The monoisotopic (exact) mass is 294 g/mol. The van der Waals surface area contributed by atoms with Crippen molar-refractivity contribution in [2.45, 2.75) is 39.0 Å². The van der Waals surface area contributed by atoms with Crippen molar-refractivity contribution >= 4 is 11.8 Å². The van der Waals surface area contributed by atoms with Crippen molar-refractivity contribution in [3.63, 3.8) is 0 Å². The lowest BCUT2D eigenvalue weighted by Gasteiger charge is -2.25. The molecule has 0 aliphatic rings. The Morgan fingerprint density at radius 1 is 1.15 bits per heavy atom. The number of rotatable bonds is 9. The summed E-state index contributed by atoms with van der Waals surface area (Å²) in [6, 6.07) is 9.33. The summed E-state index contributed by atoms with van der Waals surface area (Å²) in [6.07, 6.45) is 0. The van der Waals surface area contributed by atoms with Crippen molar-refractivity contribution in [1.29, 1.82) is 0 Å². The van der Waals surface area contributed by atoms with Gasteiger partial charge in [0, 0.05) is 23.6 Å². The van der Waals surface area contributed by atoms with Crippen molar-refractivity contribution in [3.8, 4) is 0 Å². The highest BCUT2D eigenvalue weighted by atomic mass is 32.2. The average Bonchev–Trinajstić information content (AvgIpc) is 2.46. The second kappa shape index (κ2) is 9.43. The van der Waals surface area contributed by atoms with Crippen molar-refractivity contribution in [1.82, 2.24) is 10.2 Å². The fraction of sp³-hybridized carbons (Fsp3) is 0.647. The summed E-state index contributed by atoms with van der Waals surface area (Å²) in [5.74, 6) is 1.20. The minimum atomic E-state index is 0.428. The first-order chi connectivity index (χ1) is 9.62. The van der Waals surface area contributed by atoms with Gasteiger partial charge in [-0.3, -0.25) is 0 Å². The molecule has 3 heteroatoms. The molecule has 1 rings (SSSR count). The summed E-state index contributed by atoms with van der Waals surface area (Å²) in [5, 5.41) is 4.05. The predicted octanol–water partition coefficient (Wildman–Crippen LogP) is 3.72. The van der Waals surface area contributed by atoms with E-state index in [-0.39, 0.29) is 0 Å². The Labute approximate surface area is 129 Å². The Morgan fingerprint density at radius 3 is 2.25 bits per heavy atom. The molecule has 1 N–H and O–H groups in total. The zero-order chi connectivity index (χ0) is 15.0. The lowest BCUT2D eigenvalue weighted by Crippen LogP contribution is -2.28. The molecule has 20 heavy (non-hydrogen) atoms. The molecule has 114 valence electrons. The Balaban J connectivity index is 2.50. The van der Waals surface area contributed by atoms with E-state index < -0.39 is 0 Å². The first-order valence-electron chi connectivity index (χ1n) is 7.70. The van der Waals surface area contributed by atoms with Crippen LogP contribution in [0, 0.1) is 6.92 Å². The Morgan fingerprint density at radius 2 is 1.75 bits per heavy atom. The zero-order valence-corrected chi connectivity index (χ0v) is 14.5. The molecule has 0 saturated heterocycles. The maximum atomic E-state index is 3.47. The van der Waals surface area contributed by atoms with Gasteiger partial charge in [0.2, 0.25) is 0 Å². The third kappa shape index (κ3) is 5.47. The molecule has 0 saturated carbocycles. The van der Waals surface area contributed by atoms with E-state index in [0.717, 1.165) is 13.1 Å². The van der Waals surface area contributed by atoms with E-state index in [1.54, 1.807) is 0 Å². The number of aryl methyl sites for hydroxylation is 1. The molecule has 0 radical (unpaired) electrons. The van der Waals surface area contributed by atoms with Crippen LogP contribution in [0.1, 0.15) is 37.9 Å². The number of nitrogens with zero attached hydrogens (tertiary/aromatic N) is 1. The van der Waals surface area contributed by atoms with E-state index in [2.05, 4.69) is 81.0 Å². The topological polar surface area (TPSA) is 15.3 Å². The van der Waals surface area contributed by atoms with Gasteiger partial charge in [0.15, 0.2) is 0 Å². The standard InChI is InChI=1S/C17H30N2S/c1-6-19(7-2)12-13-20-15(4)17(18-5)16-10-8-14(3)9-11-16/h8-11,15,17-18H,6-7,12-13H2,1-5H3. The summed E-state index contributed by atoms with van der Waals surface area (Å²) < 4.78 is 0. The molecule has 0 fully saturated rings. The van der Waals surface area contributed by atoms with Gasteiger partial charge in [0.05, 0.1) is 0 Å². The van der Waals surface area contributed by atoms with Crippen LogP contribution in [0.3, 0.4) is 0 Å². The normalized spacial score (nSPS) is 14.5. The van der Waals surface area contributed by atoms with Crippen molar-refractivity contribution in [2.75, 3.05) is 32.4 Å². The molecular formula is C17H30N2S. The lowest BCUT2D eigenvalue weighted by molar-refractivity contribution is 0.323. The summed E-state index contributed by atoms with van der Waals surface area (Å²) >= 11 is 2.06. The van der Waals surface area contributed by atoms with E-state index in [4.69, 9.17) is 0 Å². The predicted molar refractivity (Wildman–Crippen MR) is 92.7 cm³/mol. The van der Waals surface area contributed by atoms with E-state index in [0.29, 0.717) is 11.3 Å². The Bertz CT molecular complexity index is 360. The van der Waals surface area contributed by atoms with Crippen LogP contribution in [-0.4, -0.2) is 42.6 Å². The molecule has 0 aromatic heterocycles. The number of hydrogen-bond donors (Lipinski definition) is 1. The minimum absolute atomic E-state index is 0.428. The number of nitrogens with one attached hydrogen (secondary N) is 1. The van der Waals surface area contributed by atoms with Gasteiger partial charge in [0.1, 0.15) is 0 Å². The fourth-order valence-corrected chi connectivity index (χ4v) is 3.67. The van der Waals surface area contributed by atoms with E-state index in [1.165, 1.54) is 23.4 Å². The summed E-state index contributed by atoms with van der Waals surface area (Å²) in [5.41, 5.74) is 2.71. The van der Waals surface area contributed by atoms with Crippen LogP contribution < -0.4 is 5.32 Å². The van der Waals surface area contributed by atoms with Crippen molar-refractivity contribution in [3.05, 3.63) is 35.4 Å². The van der Waals surface area contributed by atoms with E-state index in [1.807, 2.05) is 0 Å². The van der Waals surface area contributed by atoms with E-state index in [9.17, 15) is 0 Å². The molecular weight excluding hydrogens is 264 g/mol. The first kappa shape index (κ1) is 17.5. The van der Waals surface area contributed by atoms with Gasteiger partial charge in [-0.15, -0.1) is 0 Å². The molecule has 2 unspecified atom stereocenters. The Kier molecular flexibility index (Phi) is 8.27. The average molecular weight is 295 g/mol. The highest BCUT2D eigenvalue weighted by molar-refractivity contribution is 7.99. The van der Waals surface area contributed by atoms with Gasteiger partial charge in [-0.1, -0.05) is 50.6 Å². The van der Waals surface area contributed by atoms with Crippen LogP contribution in [0.15, 0.2) is 24.3 Å². The third-order valence-electron chi connectivity index (χ3n) is 3.90. The highest BCUT2D eigenvalue weighted by Crippen LogP contribution is 2.26. The van der Waals surface area contributed by atoms with Crippen LogP contribution in [0.25, 0.3) is 0 Å². The van der Waals surface area contributed by atoms with Gasteiger partial charge in [0.25, 0.3) is 0 Å². The molecule has 0 bridgehead atoms. The summed E-state index contributed by atoms with van der Waals surface area (Å²) in [6.45, 7) is 12.4. The molecule has 0 aliphatic carbocycles. The highest BCUT2D eigenvalue weighted by Gasteiger charge is 2.17. The molecule has 0 heterocycles. The quantitative estimate of drug-likeness (QED) is 0.747. The molecule has 0 amide bonds. The number of benzene rings is 1. The van der Waals surface area contributed by atoms with Crippen LogP contribution in [-0.2, 0) is 0 Å². The molecule has 1 aromatic carbocycles. The zero-order valence-electron chi connectivity index (χ0n) is 13.6. The van der Waals surface area contributed by atoms with Gasteiger partial charge >= 0.3 is 0 Å². The molecule has 2 nitrogen and oxygen atoms in total. The van der Waals surface area contributed by atoms with Gasteiger partial charge in [-0.2, -0.15) is 11.8 Å². The minimum Gasteiger partial charge on any atom is -0.312 e. The first-order valence-corrected chi connectivity index (χ1v) is 8.75. The third-order valence-corrected chi connectivity index (χ3v) is 5.12. The van der Waals surface area contributed by atoms with Crippen LogP contribution in [0.2, 0.25) is 0 Å². The molecule has 0 spiro atoms. The maximum Gasteiger partial charge on any atom is 0.0435 e. The van der Waals surface area contributed by atoms with Crippen LogP contribution >= 0.6 is 11.8 Å². The van der Waals surface area contributed by atoms with Gasteiger partial charge < -0.3 is 10.2 Å². The van der Waals surface area contributed by atoms with E-state index >= 15 is 0 Å². The molecule has 2 atom stereocenters. The molecule has 0 aliphatic heterocycles. The smallest absolute Gasteiger partial charge is 0.0435 e. The van der Waals surface area contributed by atoms with Crippen molar-refractivity contribution in [2.24, 2.45) is 0 Å². The largest absolute Gasteiger partial charge is 0.312 e. The Hall–Kier alpha value is -0.510. The lowest BCUT2D eigenvalue weighted by atomic mass is 10.0. The number of hydrogen-bond acceptors (Lipinski definition) is 3. The summed E-state index contributed by atoms with van der Waals surface area (Å²) in [7, 11) is 2.06. The van der Waals surface area contributed by atoms with Gasteiger partial charge in [-0.05, 0) is 32.6 Å².